The first-order valence-electron chi connectivity index (χ1n) is 8.98. The molecule has 5 rings (SSSR count). The summed E-state index contributed by atoms with van der Waals surface area (Å²) in [6.07, 6.45) is 5.02. The Morgan fingerprint density at radius 1 is 1.20 bits per heavy atom. The number of ether oxygens (including phenoxy) is 2. The number of methoxy groups -OCH3 is 1. The monoisotopic (exact) mass is 344 g/mol. The predicted octanol–water partition coefficient (Wildman–Crippen LogP) is 2.85. The Labute approximate surface area is 147 Å². The fourth-order valence-corrected chi connectivity index (χ4v) is 5.66. The van der Waals surface area contributed by atoms with Crippen molar-refractivity contribution in [2.75, 3.05) is 7.11 Å². The zero-order valence-electron chi connectivity index (χ0n) is 14.5. The molecule has 4 aliphatic carbocycles. The molecule has 5 heteroatoms. The topological polar surface area (TPSA) is 72.8 Å². The number of aliphatic hydroxyl groups is 1. The quantitative estimate of drug-likeness (QED) is 0.850. The Balaban J connectivity index is 1.45. The van der Waals surface area contributed by atoms with Gasteiger partial charge in [0.2, 0.25) is 0 Å². The second-order valence-electron chi connectivity index (χ2n) is 8.23. The molecule has 4 bridgehead atoms. The summed E-state index contributed by atoms with van der Waals surface area (Å²) in [5, 5.41) is 10.8. The van der Waals surface area contributed by atoms with Crippen LogP contribution < -0.4 is 0 Å². The third-order valence-corrected chi connectivity index (χ3v) is 6.18. The van der Waals surface area contributed by atoms with Gasteiger partial charge in [-0.05, 0) is 68.1 Å². The molecule has 0 aromatic heterocycles. The van der Waals surface area contributed by atoms with Crippen LogP contribution in [-0.4, -0.2) is 29.8 Å². The van der Waals surface area contributed by atoms with Crippen LogP contribution in [0.1, 0.15) is 54.4 Å². The molecule has 1 aromatic rings. The minimum atomic E-state index is -0.673. The number of carbonyl (C=O) groups is 2. The van der Waals surface area contributed by atoms with Gasteiger partial charge in [-0.2, -0.15) is 0 Å². The number of carbonyl (C=O) groups excluding carboxylic acids is 2. The highest BCUT2D eigenvalue weighted by molar-refractivity contribution is 5.89. The Kier molecular flexibility index (Phi) is 3.87. The van der Waals surface area contributed by atoms with Gasteiger partial charge in [0, 0.05) is 0 Å². The van der Waals surface area contributed by atoms with Gasteiger partial charge in [0.05, 0.1) is 23.7 Å². The van der Waals surface area contributed by atoms with Gasteiger partial charge in [-0.1, -0.05) is 12.1 Å². The first-order chi connectivity index (χ1) is 11.9. The predicted molar refractivity (Wildman–Crippen MR) is 89.6 cm³/mol. The van der Waals surface area contributed by atoms with E-state index in [1.165, 1.54) is 7.11 Å². The normalized spacial score (nSPS) is 35.4. The molecule has 0 spiro atoms. The molecular weight excluding hydrogens is 320 g/mol. The van der Waals surface area contributed by atoms with Gasteiger partial charge in [0.15, 0.2) is 0 Å². The highest BCUT2D eigenvalue weighted by atomic mass is 16.5. The Morgan fingerprint density at radius 2 is 1.92 bits per heavy atom. The molecule has 25 heavy (non-hydrogen) atoms. The zero-order chi connectivity index (χ0) is 17.7. The van der Waals surface area contributed by atoms with Crippen molar-refractivity contribution in [1.82, 2.24) is 0 Å². The summed E-state index contributed by atoms with van der Waals surface area (Å²) in [5.74, 6) is 0.294. The van der Waals surface area contributed by atoms with Crippen molar-refractivity contribution in [3.05, 3.63) is 35.4 Å². The van der Waals surface area contributed by atoms with Crippen LogP contribution in [0.4, 0.5) is 0 Å². The molecule has 2 atom stereocenters. The lowest BCUT2D eigenvalue weighted by Crippen LogP contribution is -2.58. The maximum Gasteiger partial charge on any atom is 0.337 e. The van der Waals surface area contributed by atoms with Crippen LogP contribution >= 0.6 is 0 Å². The van der Waals surface area contributed by atoms with Gasteiger partial charge >= 0.3 is 11.9 Å². The fourth-order valence-electron chi connectivity index (χ4n) is 5.66. The Morgan fingerprint density at radius 3 is 2.56 bits per heavy atom. The summed E-state index contributed by atoms with van der Waals surface area (Å²) < 4.78 is 10.3. The number of benzene rings is 1. The van der Waals surface area contributed by atoms with Gasteiger partial charge in [-0.3, -0.25) is 4.79 Å². The van der Waals surface area contributed by atoms with Crippen LogP contribution in [0.25, 0.3) is 0 Å². The standard InChI is InChI=1S/C20H24O5/c1-24-17(21)16-4-2-3-13(6-16)11-25-18(22)19-7-14-5-15(8-19)10-20(23,9-14)12-19/h2-4,6,14-15,23H,5,7-12H2,1H3. The smallest absolute Gasteiger partial charge is 0.337 e. The van der Waals surface area contributed by atoms with E-state index < -0.39 is 17.0 Å². The first-order valence-corrected chi connectivity index (χ1v) is 8.98. The van der Waals surface area contributed by atoms with Gasteiger partial charge < -0.3 is 14.6 Å². The van der Waals surface area contributed by atoms with E-state index in [1.807, 2.05) is 6.07 Å². The van der Waals surface area contributed by atoms with E-state index in [9.17, 15) is 14.7 Å². The molecule has 4 aliphatic rings. The second-order valence-corrected chi connectivity index (χ2v) is 8.23. The molecule has 4 saturated carbocycles. The number of hydrogen-bond donors (Lipinski definition) is 1. The second kappa shape index (κ2) is 5.84. The van der Waals surface area contributed by atoms with Crippen molar-refractivity contribution in [1.29, 1.82) is 0 Å². The molecule has 0 saturated heterocycles. The summed E-state index contributed by atoms with van der Waals surface area (Å²) in [7, 11) is 1.34. The molecule has 4 fully saturated rings. The lowest BCUT2D eigenvalue weighted by molar-refractivity contribution is -0.197. The van der Waals surface area contributed by atoms with Crippen molar-refractivity contribution in [3.63, 3.8) is 0 Å². The third-order valence-electron chi connectivity index (χ3n) is 6.18. The van der Waals surface area contributed by atoms with Crippen molar-refractivity contribution >= 4 is 11.9 Å². The largest absolute Gasteiger partial charge is 0.465 e. The molecule has 0 heterocycles. The van der Waals surface area contributed by atoms with Gasteiger partial charge in [0.25, 0.3) is 0 Å². The van der Waals surface area contributed by atoms with E-state index in [4.69, 9.17) is 9.47 Å². The number of rotatable bonds is 4. The van der Waals surface area contributed by atoms with E-state index in [0.717, 1.165) is 37.7 Å². The maximum atomic E-state index is 12.9. The van der Waals surface area contributed by atoms with E-state index in [1.54, 1.807) is 18.2 Å². The molecule has 0 amide bonds. The van der Waals surface area contributed by atoms with Crippen molar-refractivity contribution in [2.45, 2.75) is 50.7 Å². The summed E-state index contributed by atoms with van der Waals surface area (Å²) in [6, 6.07) is 6.94. The zero-order valence-corrected chi connectivity index (χ0v) is 14.5. The van der Waals surface area contributed by atoms with Crippen molar-refractivity contribution in [3.8, 4) is 0 Å². The van der Waals surface area contributed by atoms with Crippen LogP contribution in [0.15, 0.2) is 24.3 Å². The summed E-state index contributed by atoms with van der Waals surface area (Å²) in [6.45, 7) is 0.138. The molecule has 1 N–H and O–H groups in total. The highest BCUT2D eigenvalue weighted by Gasteiger charge is 2.60. The van der Waals surface area contributed by atoms with Crippen LogP contribution in [0, 0.1) is 17.3 Å². The van der Waals surface area contributed by atoms with Crippen molar-refractivity contribution in [2.24, 2.45) is 17.3 Å². The van der Waals surface area contributed by atoms with E-state index >= 15 is 0 Å². The SMILES string of the molecule is COC(=O)c1cccc(COC(=O)C23CC4CC(CC(O)(C4)C2)C3)c1. The molecule has 5 nitrogen and oxygen atoms in total. The van der Waals surface area contributed by atoms with E-state index in [2.05, 4.69) is 0 Å². The molecular formula is C20H24O5. The molecule has 0 aliphatic heterocycles. The average molecular weight is 344 g/mol. The minimum Gasteiger partial charge on any atom is -0.465 e. The van der Waals surface area contributed by atoms with Gasteiger partial charge in [-0.15, -0.1) is 0 Å². The third kappa shape index (κ3) is 2.95. The van der Waals surface area contributed by atoms with Crippen LogP contribution in [0.2, 0.25) is 0 Å². The average Bonchev–Trinajstić information content (AvgIpc) is 2.57. The molecule has 134 valence electrons. The van der Waals surface area contributed by atoms with E-state index in [0.29, 0.717) is 23.8 Å². The van der Waals surface area contributed by atoms with E-state index in [-0.39, 0.29) is 12.6 Å². The first kappa shape index (κ1) is 16.6. The molecule has 2 unspecified atom stereocenters. The lowest BCUT2D eigenvalue weighted by atomic mass is 9.48. The molecule has 1 aromatic carbocycles. The molecule has 0 radical (unpaired) electrons. The number of hydrogen-bond acceptors (Lipinski definition) is 5. The minimum absolute atomic E-state index is 0.138. The lowest BCUT2D eigenvalue weighted by Gasteiger charge is -2.58. The fraction of sp³-hybridized carbons (Fsp3) is 0.600. The highest BCUT2D eigenvalue weighted by Crippen LogP contribution is 2.62. The van der Waals surface area contributed by atoms with Crippen LogP contribution in [0.3, 0.4) is 0 Å². The number of esters is 2. The van der Waals surface area contributed by atoms with Crippen molar-refractivity contribution < 1.29 is 24.2 Å². The Bertz CT molecular complexity index is 696. The summed E-state index contributed by atoms with van der Waals surface area (Å²) in [4.78, 5) is 24.5. The van der Waals surface area contributed by atoms with Crippen LogP contribution in [-0.2, 0) is 20.9 Å². The van der Waals surface area contributed by atoms with Gasteiger partial charge in [0.1, 0.15) is 6.61 Å². The summed E-state index contributed by atoms with van der Waals surface area (Å²) in [5.41, 5.74) is 0.0204. The maximum absolute atomic E-state index is 12.9. The summed E-state index contributed by atoms with van der Waals surface area (Å²) >= 11 is 0. The van der Waals surface area contributed by atoms with Gasteiger partial charge in [-0.25, -0.2) is 4.79 Å². The van der Waals surface area contributed by atoms with Crippen LogP contribution in [0.5, 0.6) is 0 Å². The Hall–Kier alpha value is -1.88.